The first-order chi connectivity index (χ1) is 11.8. The molecule has 5 heteroatoms. The van der Waals surface area contributed by atoms with E-state index in [1.807, 2.05) is 36.5 Å². The van der Waals surface area contributed by atoms with Gasteiger partial charge in [0.1, 0.15) is 6.26 Å². The summed E-state index contributed by atoms with van der Waals surface area (Å²) in [5.74, 6) is 0.602. The first kappa shape index (κ1) is 14.6. The van der Waals surface area contributed by atoms with Gasteiger partial charge in [-0.1, -0.05) is 30.3 Å². The molecule has 24 heavy (non-hydrogen) atoms. The van der Waals surface area contributed by atoms with Crippen molar-refractivity contribution in [2.45, 2.75) is 25.3 Å². The molecule has 0 saturated carbocycles. The van der Waals surface area contributed by atoms with Crippen LogP contribution in [0.2, 0.25) is 0 Å². The molecule has 2 aromatic heterocycles. The van der Waals surface area contributed by atoms with Gasteiger partial charge >= 0.3 is 0 Å². The third-order valence-corrected chi connectivity index (χ3v) is 4.30. The van der Waals surface area contributed by atoms with Crippen molar-refractivity contribution in [3.8, 4) is 11.4 Å². The molecule has 1 aliphatic carbocycles. The van der Waals surface area contributed by atoms with E-state index in [9.17, 15) is 4.79 Å². The molecule has 1 aliphatic rings. The summed E-state index contributed by atoms with van der Waals surface area (Å²) in [5.41, 5.74) is 3.57. The lowest BCUT2D eigenvalue weighted by Gasteiger charge is -2.25. The molecule has 1 atom stereocenters. The van der Waals surface area contributed by atoms with Gasteiger partial charge in [0, 0.05) is 23.0 Å². The fourth-order valence-electron chi connectivity index (χ4n) is 3.06. The third kappa shape index (κ3) is 2.80. The summed E-state index contributed by atoms with van der Waals surface area (Å²) in [5, 5.41) is 3.06. The van der Waals surface area contributed by atoms with E-state index < -0.39 is 0 Å². The average molecular weight is 319 g/mol. The number of hydrogen-bond acceptors (Lipinski definition) is 4. The van der Waals surface area contributed by atoms with Gasteiger partial charge in [-0.15, -0.1) is 0 Å². The quantitative estimate of drug-likeness (QED) is 0.801. The topological polar surface area (TPSA) is 68.0 Å². The maximum Gasteiger partial charge on any atom is 0.255 e. The van der Waals surface area contributed by atoms with Gasteiger partial charge in [0.05, 0.1) is 17.9 Å². The van der Waals surface area contributed by atoms with Crippen LogP contribution in [0.1, 0.15) is 40.5 Å². The largest absolute Gasteiger partial charge is 0.472 e. The van der Waals surface area contributed by atoms with E-state index in [-0.39, 0.29) is 11.9 Å². The molecule has 1 unspecified atom stereocenters. The van der Waals surface area contributed by atoms with E-state index in [0.717, 1.165) is 41.9 Å². The fraction of sp³-hybridized carbons (Fsp3) is 0.211. The molecule has 1 N–H and O–H groups in total. The Kier molecular flexibility index (Phi) is 3.83. The number of furan rings is 1. The highest BCUT2D eigenvalue weighted by molar-refractivity contribution is 5.94. The van der Waals surface area contributed by atoms with Gasteiger partial charge in [-0.05, 0) is 25.3 Å². The number of hydrogen-bond donors (Lipinski definition) is 1. The van der Waals surface area contributed by atoms with Gasteiger partial charge in [0.25, 0.3) is 5.91 Å². The minimum Gasteiger partial charge on any atom is -0.472 e. The molecule has 120 valence electrons. The van der Waals surface area contributed by atoms with Crippen molar-refractivity contribution < 1.29 is 9.21 Å². The maximum atomic E-state index is 12.3. The van der Waals surface area contributed by atoms with E-state index >= 15 is 0 Å². The lowest BCUT2D eigenvalue weighted by atomic mass is 9.92. The molecule has 4 rings (SSSR count). The predicted octanol–water partition coefficient (Wildman–Crippen LogP) is 3.54. The van der Waals surface area contributed by atoms with Crippen molar-refractivity contribution in [3.05, 3.63) is 71.9 Å². The van der Waals surface area contributed by atoms with Gasteiger partial charge < -0.3 is 9.73 Å². The standard InChI is InChI=1S/C19H17N3O2/c23-19(14-9-10-24-12-14)22-17-8-4-7-16-15(17)11-20-18(21-16)13-5-2-1-3-6-13/h1-3,5-6,9-12,17H,4,7-8H2,(H,22,23). The van der Waals surface area contributed by atoms with Crippen LogP contribution in [0, 0.1) is 0 Å². The number of aromatic nitrogens is 2. The average Bonchev–Trinajstić information content (AvgIpc) is 3.17. The number of rotatable bonds is 3. The Morgan fingerprint density at radius 3 is 2.88 bits per heavy atom. The van der Waals surface area contributed by atoms with Crippen LogP contribution in [0.3, 0.4) is 0 Å². The van der Waals surface area contributed by atoms with Crippen molar-refractivity contribution in [3.63, 3.8) is 0 Å². The van der Waals surface area contributed by atoms with Crippen molar-refractivity contribution in [1.82, 2.24) is 15.3 Å². The molecule has 0 bridgehead atoms. The van der Waals surface area contributed by atoms with Crippen LogP contribution < -0.4 is 5.32 Å². The van der Waals surface area contributed by atoms with Crippen LogP contribution in [0.5, 0.6) is 0 Å². The van der Waals surface area contributed by atoms with Gasteiger partial charge in [0.15, 0.2) is 5.82 Å². The second-order valence-electron chi connectivity index (χ2n) is 5.89. The number of carbonyl (C=O) groups is 1. The monoisotopic (exact) mass is 319 g/mol. The highest BCUT2D eigenvalue weighted by Crippen LogP contribution is 2.29. The molecular weight excluding hydrogens is 302 g/mol. The molecule has 0 fully saturated rings. The van der Waals surface area contributed by atoms with Crippen molar-refractivity contribution in [2.75, 3.05) is 0 Å². The minimum absolute atomic E-state index is 0.0547. The number of carbonyl (C=O) groups excluding carboxylic acids is 1. The van der Waals surface area contributed by atoms with E-state index in [1.54, 1.807) is 6.07 Å². The first-order valence-electron chi connectivity index (χ1n) is 8.05. The summed E-state index contributed by atoms with van der Waals surface area (Å²) < 4.78 is 4.97. The molecule has 2 heterocycles. The number of aryl methyl sites for hydroxylation is 1. The Bertz CT molecular complexity index is 844. The van der Waals surface area contributed by atoms with Gasteiger partial charge in [-0.3, -0.25) is 4.79 Å². The number of amides is 1. The van der Waals surface area contributed by atoms with Crippen LogP contribution in [-0.4, -0.2) is 15.9 Å². The lowest BCUT2D eigenvalue weighted by Crippen LogP contribution is -2.31. The summed E-state index contributed by atoms with van der Waals surface area (Å²) in [4.78, 5) is 21.5. The Balaban J connectivity index is 1.60. The fourth-order valence-corrected chi connectivity index (χ4v) is 3.06. The molecule has 3 aromatic rings. The normalized spacial score (nSPS) is 16.4. The Labute approximate surface area is 139 Å². The van der Waals surface area contributed by atoms with E-state index in [4.69, 9.17) is 9.40 Å². The number of nitrogens with zero attached hydrogens (tertiary/aromatic N) is 2. The summed E-state index contributed by atoms with van der Waals surface area (Å²) in [6.45, 7) is 0. The van der Waals surface area contributed by atoms with Crippen LogP contribution in [0.25, 0.3) is 11.4 Å². The summed E-state index contributed by atoms with van der Waals surface area (Å²) in [6.07, 6.45) is 7.60. The highest BCUT2D eigenvalue weighted by atomic mass is 16.3. The van der Waals surface area contributed by atoms with E-state index in [2.05, 4.69) is 10.3 Å². The van der Waals surface area contributed by atoms with Crippen LogP contribution in [-0.2, 0) is 6.42 Å². The molecule has 1 aromatic carbocycles. The molecule has 1 amide bonds. The molecule has 5 nitrogen and oxygen atoms in total. The smallest absolute Gasteiger partial charge is 0.255 e. The molecular formula is C19H17N3O2. The number of benzene rings is 1. The lowest BCUT2D eigenvalue weighted by molar-refractivity contribution is 0.0932. The zero-order valence-electron chi connectivity index (χ0n) is 13.1. The predicted molar refractivity (Wildman–Crippen MR) is 89.3 cm³/mol. The molecule has 0 radical (unpaired) electrons. The zero-order valence-corrected chi connectivity index (χ0v) is 13.1. The first-order valence-corrected chi connectivity index (χ1v) is 8.05. The van der Waals surface area contributed by atoms with Crippen LogP contribution >= 0.6 is 0 Å². The molecule has 0 aliphatic heterocycles. The van der Waals surface area contributed by atoms with Gasteiger partial charge in [-0.25, -0.2) is 9.97 Å². The second-order valence-corrected chi connectivity index (χ2v) is 5.89. The van der Waals surface area contributed by atoms with Crippen LogP contribution in [0.4, 0.5) is 0 Å². The highest BCUT2D eigenvalue weighted by Gasteiger charge is 2.24. The Morgan fingerprint density at radius 2 is 2.08 bits per heavy atom. The summed E-state index contributed by atoms with van der Waals surface area (Å²) >= 11 is 0. The second kappa shape index (κ2) is 6.28. The van der Waals surface area contributed by atoms with Gasteiger partial charge in [-0.2, -0.15) is 0 Å². The number of fused-ring (bicyclic) bond motifs is 1. The van der Waals surface area contributed by atoms with Crippen molar-refractivity contribution >= 4 is 5.91 Å². The van der Waals surface area contributed by atoms with Crippen LogP contribution in [0.15, 0.2) is 59.5 Å². The van der Waals surface area contributed by atoms with Crippen molar-refractivity contribution in [2.24, 2.45) is 0 Å². The van der Waals surface area contributed by atoms with Crippen molar-refractivity contribution in [1.29, 1.82) is 0 Å². The minimum atomic E-state index is -0.131. The SMILES string of the molecule is O=C(NC1CCCc2nc(-c3ccccc3)ncc21)c1ccoc1. The third-order valence-electron chi connectivity index (χ3n) is 4.30. The molecule has 0 spiro atoms. The Morgan fingerprint density at radius 1 is 1.21 bits per heavy atom. The molecule has 0 saturated heterocycles. The van der Waals surface area contributed by atoms with E-state index in [1.165, 1.54) is 12.5 Å². The van der Waals surface area contributed by atoms with Gasteiger partial charge in [0.2, 0.25) is 0 Å². The number of nitrogens with one attached hydrogen (secondary N) is 1. The Hall–Kier alpha value is -2.95. The summed E-state index contributed by atoms with van der Waals surface area (Å²) in [7, 11) is 0. The van der Waals surface area contributed by atoms with E-state index in [0.29, 0.717) is 5.56 Å². The summed E-state index contributed by atoms with van der Waals surface area (Å²) in [6, 6.07) is 11.5. The maximum absolute atomic E-state index is 12.3. The zero-order chi connectivity index (χ0) is 16.4.